The molecule has 21 heavy (non-hydrogen) atoms. The zero-order valence-corrected chi connectivity index (χ0v) is 12.1. The summed E-state index contributed by atoms with van der Waals surface area (Å²) in [5, 5.41) is 8.71. The first-order valence-corrected chi connectivity index (χ1v) is 6.53. The summed E-state index contributed by atoms with van der Waals surface area (Å²) in [4.78, 5) is 18.2. The zero-order chi connectivity index (χ0) is 15.2. The van der Waals surface area contributed by atoms with Gasteiger partial charge in [0.15, 0.2) is 0 Å². The Hall–Kier alpha value is -2.58. The lowest BCUT2D eigenvalue weighted by Gasteiger charge is -2.17. The molecule has 1 N–H and O–H groups in total. The summed E-state index contributed by atoms with van der Waals surface area (Å²) < 4.78 is 1.88. The largest absolute Gasteiger partial charge is 0.384 e. The van der Waals surface area contributed by atoms with Crippen LogP contribution in [-0.4, -0.2) is 39.1 Å². The van der Waals surface area contributed by atoms with Gasteiger partial charge >= 0.3 is 0 Å². The van der Waals surface area contributed by atoms with E-state index in [1.807, 2.05) is 17.8 Å². The summed E-state index contributed by atoms with van der Waals surface area (Å²) in [6.45, 7) is 0.242. The highest BCUT2D eigenvalue weighted by Gasteiger charge is 2.13. The predicted octanol–water partition coefficient (Wildman–Crippen LogP) is 1.04. The first-order chi connectivity index (χ1) is 10.1. The fourth-order valence-corrected chi connectivity index (χ4v) is 1.92. The zero-order valence-electron chi connectivity index (χ0n) is 12.1. The monoisotopic (exact) mass is 283 g/mol. The number of aliphatic hydroxyl groups is 1. The molecular weight excluding hydrogens is 266 g/mol. The average Bonchev–Trinajstić information content (AvgIpc) is 2.90. The van der Waals surface area contributed by atoms with Gasteiger partial charge in [-0.2, -0.15) is 0 Å². The Bertz CT molecular complexity index is 695. The summed E-state index contributed by atoms with van der Waals surface area (Å²) >= 11 is 0. The van der Waals surface area contributed by atoms with Gasteiger partial charge in [0.1, 0.15) is 12.4 Å². The van der Waals surface area contributed by atoms with Crippen LogP contribution in [0.4, 0.5) is 0 Å². The minimum Gasteiger partial charge on any atom is -0.384 e. The van der Waals surface area contributed by atoms with Gasteiger partial charge in [-0.15, -0.1) is 0 Å². The van der Waals surface area contributed by atoms with Gasteiger partial charge in [-0.25, -0.2) is 4.98 Å². The predicted molar refractivity (Wildman–Crippen MR) is 79.4 cm³/mol. The van der Waals surface area contributed by atoms with Crippen LogP contribution in [0.3, 0.4) is 0 Å². The maximum Gasteiger partial charge on any atom is 0.254 e. The molecule has 5 nitrogen and oxygen atoms in total. The normalized spacial score (nSPS) is 9.86. The third-order valence-electron chi connectivity index (χ3n) is 3.07. The summed E-state index contributed by atoms with van der Waals surface area (Å²) in [6.07, 6.45) is 3.55. The Kier molecular flexibility index (Phi) is 4.75. The van der Waals surface area contributed by atoms with Crippen molar-refractivity contribution >= 4 is 5.91 Å². The Morgan fingerprint density at radius 1 is 1.48 bits per heavy atom. The highest BCUT2D eigenvalue weighted by atomic mass is 16.2. The van der Waals surface area contributed by atoms with Gasteiger partial charge < -0.3 is 14.6 Å². The third-order valence-corrected chi connectivity index (χ3v) is 3.07. The van der Waals surface area contributed by atoms with Crippen molar-refractivity contribution in [2.45, 2.75) is 6.54 Å². The second kappa shape index (κ2) is 6.73. The summed E-state index contributed by atoms with van der Waals surface area (Å²) in [6, 6.07) is 7.06. The smallest absolute Gasteiger partial charge is 0.254 e. The Labute approximate surface area is 123 Å². The lowest BCUT2D eigenvalue weighted by molar-refractivity contribution is 0.0780. The standard InChI is InChI=1S/C16H17N3O2/c1-18-9-8-17-15(18)12-19(2)16(21)14-7-3-5-13(11-14)6-4-10-20/h3,5,7-9,11,20H,10,12H2,1-2H3. The number of benzene rings is 1. The topological polar surface area (TPSA) is 58.4 Å². The molecule has 5 heteroatoms. The fourth-order valence-electron chi connectivity index (χ4n) is 1.92. The molecule has 108 valence electrons. The lowest BCUT2D eigenvalue weighted by Crippen LogP contribution is -2.27. The second-order valence-electron chi connectivity index (χ2n) is 4.66. The van der Waals surface area contributed by atoms with Gasteiger partial charge in [0.05, 0.1) is 6.54 Å². The van der Waals surface area contributed by atoms with Crippen molar-refractivity contribution in [1.82, 2.24) is 14.5 Å². The lowest BCUT2D eigenvalue weighted by atomic mass is 10.1. The van der Waals surface area contributed by atoms with E-state index in [1.165, 1.54) is 0 Å². The third kappa shape index (κ3) is 3.71. The fraction of sp³-hybridized carbons (Fsp3) is 0.250. The molecule has 0 atom stereocenters. The van der Waals surface area contributed by atoms with Crippen molar-refractivity contribution in [3.05, 3.63) is 53.6 Å². The van der Waals surface area contributed by atoms with Crippen LogP contribution in [0.25, 0.3) is 0 Å². The van der Waals surface area contributed by atoms with Gasteiger partial charge in [-0.05, 0) is 18.2 Å². The molecule has 1 amide bonds. The van der Waals surface area contributed by atoms with E-state index in [0.717, 1.165) is 5.82 Å². The summed E-state index contributed by atoms with van der Waals surface area (Å²) in [5.41, 5.74) is 1.27. The molecule has 0 radical (unpaired) electrons. The Morgan fingerprint density at radius 3 is 2.95 bits per heavy atom. The number of hydrogen-bond donors (Lipinski definition) is 1. The molecular formula is C16H17N3O2. The van der Waals surface area contributed by atoms with Gasteiger partial charge in [0, 0.05) is 37.6 Å². The molecule has 0 saturated carbocycles. The summed E-state index contributed by atoms with van der Waals surface area (Å²) in [5.74, 6) is 6.10. The minimum atomic E-state index is -0.197. The molecule has 0 bridgehead atoms. The molecule has 0 aliphatic heterocycles. The number of imidazole rings is 1. The van der Waals surface area contributed by atoms with Crippen LogP contribution >= 0.6 is 0 Å². The Balaban J connectivity index is 2.14. The van der Waals surface area contributed by atoms with Crippen molar-refractivity contribution in [3.8, 4) is 11.8 Å². The molecule has 1 aromatic heterocycles. The molecule has 0 unspecified atom stereocenters. The van der Waals surface area contributed by atoms with E-state index in [9.17, 15) is 4.79 Å². The van der Waals surface area contributed by atoms with Gasteiger partial charge in [0.25, 0.3) is 5.91 Å². The van der Waals surface area contributed by atoms with Crippen molar-refractivity contribution in [2.75, 3.05) is 13.7 Å². The number of carbonyl (C=O) groups is 1. The molecule has 2 aromatic rings. The number of nitrogens with zero attached hydrogens (tertiary/aromatic N) is 3. The number of carbonyl (C=O) groups excluding carboxylic acids is 1. The number of aromatic nitrogens is 2. The number of amides is 1. The number of rotatable bonds is 3. The second-order valence-corrected chi connectivity index (χ2v) is 4.66. The maximum atomic E-state index is 12.4. The van der Waals surface area contributed by atoms with Crippen molar-refractivity contribution < 1.29 is 9.90 Å². The van der Waals surface area contributed by atoms with E-state index < -0.39 is 0 Å². The van der Waals surface area contributed by atoms with Gasteiger partial charge in [0.2, 0.25) is 0 Å². The van der Waals surface area contributed by atoms with E-state index in [2.05, 4.69) is 16.8 Å². The molecule has 0 aliphatic carbocycles. The minimum absolute atomic E-state index is 0.0920. The maximum absolute atomic E-state index is 12.4. The molecule has 0 saturated heterocycles. The number of hydrogen-bond acceptors (Lipinski definition) is 3. The quantitative estimate of drug-likeness (QED) is 0.856. The van der Waals surface area contributed by atoms with Gasteiger partial charge in [-0.1, -0.05) is 17.9 Å². The van der Waals surface area contributed by atoms with Crippen LogP contribution in [0.2, 0.25) is 0 Å². The van der Waals surface area contributed by atoms with E-state index in [4.69, 9.17) is 5.11 Å². The van der Waals surface area contributed by atoms with Crippen LogP contribution in [0.1, 0.15) is 21.7 Å². The van der Waals surface area contributed by atoms with Crippen molar-refractivity contribution in [2.24, 2.45) is 7.05 Å². The highest BCUT2D eigenvalue weighted by molar-refractivity contribution is 5.94. The van der Waals surface area contributed by atoms with Crippen LogP contribution in [0.5, 0.6) is 0 Å². The molecule has 0 fully saturated rings. The molecule has 0 spiro atoms. The molecule has 0 aliphatic rings. The average molecular weight is 283 g/mol. The Morgan fingerprint density at radius 2 is 2.29 bits per heavy atom. The van der Waals surface area contributed by atoms with Crippen molar-refractivity contribution in [1.29, 1.82) is 0 Å². The van der Waals surface area contributed by atoms with Crippen LogP contribution < -0.4 is 0 Å². The van der Waals surface area contributed by atoms with E-state index in [1.54, 1.807) is 42.4 Å². The van der Waals surface area contributed by atoms with E-state index >= 15 is 0 Å². The van der Waals surface area contributed by atoms with Crippen LogP contribution in [0.15, 0.2) is 36.7 Å². The van der Waals surface area contributed by atoms with Crippen LogP contribution in [0, 0.1) is 11.8 Å². The summed E-state index contributed by atoms with van der Waals surface area (Å²) in [7, 11) is 3.63. The SMILES string of the molecule is CN(Cc1nccn1C)C(=O)c1cccc(C#CCO)c1. The van der Waals surface area contributed by atoms with Crippen LogP contribution in [-0.2, 0) is 13.6 Å². The van der Waals surface area contributed by atoms with E-state index in [0.29, 0.717) is 17.7 Å². The van der Waals surface area contributed by atoms with E-state index in [-0.39, 0.29) is 12.5 Å². The highest BCUT2D eigenvalue weighted by Crippen LogP contribution is 2.09. The first kappa shape index (κ1) is 14.8. The number of aryl methyl sites for hydroxylation is 1. The first-order valence-electron chi connectivity index (χ1n) is 6.53. The van der Waals surface area contributed by atoms with Crippen molar-refractivity contribution in [3.63, 3.8) is 0 Å². The molecule has 1 aromatic carbocycles. The molecule has 1 heterocycles. The number of aliphatic hydroxyl groups excluding tert-OH is 1. The van der Waals surface area contributed by atoms with Gasteiger partial charge in [-0.3, -0.25) is 4.79 Å². The molecule has 2 rings (SSSR count).